The number of phosphoric ester groups is 1. The van der Waals surface area contributed by atoms with Crippen molar-refractivity contribution in [2.75, 3.05) is 40.9 Å². The molecule has 1 amide bonds. The van der Waals surface area contributed by atoms with Crippen LogP contribution in [0.2, 0.25) is 0 Å². The Balaban J connectivity index is 5.06. The van der Waals surface area contributed by atoms with Crippen LogP contribution < -0.4 is 5.32 Å². The van der Waals surface area contributed by atoms with E-state index in [2.05, 4.69) is 86.8 Å². The number of hydrogen-bond donors (Lipinski definition) is 2. The van der Waals surface area contributed by atoms with Gasteiger partial charge in [-0.2, -0.15) is 0 Å². The number of esters is 1. The van der Waals surface area contributed by atoms with Crippen LogP contribution in [-0.2, 0) is 27.9 Å². The first-order chi connectivity index (χ1) is 40.4. The fourth-order valence-electron chi connectivity index (χ4n) is 10.2. The smallest absolute Gasteiger partial charge is 0.456 e. The van der Waals surface area contributed by atoms with Crippen LogP contribution in [0.3, 0.4) is 0 Å². The van der Waals surface area contributed by atoms with Crippen LogP contribution in [0.4, 0.5) is 0 Å². The van der Waals surface area contributed by atoms with Crippen molar-refractivity contribution in [3.05, 3.63) is 72.9 Å². The number of rotatable bonds is 64. The van der Waals surface area contributed by atoms with Gasteiger partial charge in [-0.1, -0.05) is 287 Å². The molecule has 0 saturated carbocycles. The molecule has 3 unspecified atom stereocenters. The Hall–Kier alpha value is -2.55. The van der Waals surface area contributed by atoms with Crippen molar-refractivity contribution < 1.29 is 37.3 Å². The average molecular weight is 1180 g/mol. The molecule has 9 nitrogen and oxygen atoms in total. The molecular formula is C73H136N2O7P+. The van der Waals surface area contributed by atoms with E-state index in [1.807, 2.05) is 33.3 Å². The summed E-state index contributed by atoms with van der Waals surface area (Å²) in [6.45, 7) is 6.99. The van der Waals surface area contributed by atoms with E-state index in [0.29, 0.717) is 17.4 Å². The number of nitrogens with one attached hydrogen (secondary N) is 1. The third-order valence-corrected chi connectivity index (χ3v) is 16.6. The van der Waals surface area contributed by atoms with Gasteiger partial charge in [0.2, 0.25) is 5.91 Å². The molecule has 10 heteroatoms. The number of likely N-dealkylation sites (N-methyl/N-ethyl adjacent to an activating group) is 1. The number of amides is 1. The molecule has 0 heterocycles. The summed E-state index contributed by atoms with van der Waals surface area (Å²) in [6.07, 6.45) is 82.0. The summed E-state index contributed by atoms with van der Waals surface area (Å²) >= 11 is 0. The van der Waals surface area contributed by atoms with Gasteiger partial charge in [-0.25, -0.2) is 4.57 Å². The number of quaternary nitrogens is 1. The van der Waals surface area contributed by atoms with Crippen LogP contribution in [0.15, 0.2) is 72.9 Å². The number of nitrogens with zero attached hydrogens (tertiary/aromatic N) is 1. The third-order valence-electron chi connectivity index (χ3n) is 15.6. The van der Waals surface area contributed by atoms with Gasteiger partial charge >= 0.3 is 13.8 Å². The SMILES string of the molecule is CCCCC/C=C\C/C=C\C/C=C\C/C=C\CCCCCCCC(=O)OC(/C=C\CCCCCCCCCCC)C(COP(=O)(O)OCC[N+](C)(C)C)NC(=O)CCCCCCCCCCCCCCCCC/C=C/CCCCCCCC. The maximum atomic E-state index is 13.6. The Morgan fingerprint density at radius 3 is 1.13 bits per heavy atom. The van der Waals surface area contributed by atoms with Crippen molar-refractivity contribution >= 4 is 19.7 Å². The molecule has 0 aromatic carbocycles. The summed E-state index contributed by atoms with van der Waals surface area (Å²) in [7, 11) is 1.49. The zero-order chi connectivity index (χ0) is 60.7. The molecule has 0 fully saturated rings. The highest BCUT2D eigenvalue weighted by atomic mass is 31.2. The number of ether oxygens (including phenoxy) is 1. The maximum absolute atomic E-state index is 13.6. The van der Waals surface area contributed by atoms with Crippen LogP contribution in [0.1, 0.15) is 329 Å². The monoisotopic (exact) mass is 1180 g/mol. The second kappa shape index (κ2) is 62.5. The molecule has 83 heavy (non-hydrogen) atoms. The summed E-state index contributed by atoms with van der Waals surface area (Å²) < 4.78 is 30.8. The van der Waals surface area contributed by atoms with E-state index < -0.39 is 20.0 Å². The third kappa shape index (κ3) is 63.8. The lowest BCUT2D eigenvalue weighted by Crippen LogP contribution is -2.47. The summed E-state index contributed by atoms with van der Waals surface area (Å²) in [4.78, 5) is 37.8. The molecule has 484 valence electrons. The molecular weight excluding hydrogens is 1050 g/mol. The minimum Gasteiger partial charge on any atom is -0.456 e. The van der Waals surface area contributed by atoms with E-state index in [4.69, 9.17) is 13.8 Å². The highest BCUT2D eigenvalue weighted by molar-refractivity contribution is 7.47. The second-order valence-corrected chi connectivity index (χ2v) is 26.5. The van der Waals surface area contributed by atoms with Gasteiger partial charge in [-0.05, 0) is 102 Å². The normalized spacial score (nSPS) is 14.0. The fourth-order valence-corrected chi connectivity index (χ4v) is 10.9. The molecule has 0 aromatic rings. The topological polar surface area (TPSA) is 111 Å². The lowest BCUT2D eigenvalue weighted by molar-refractivity contribution is -0.870. The first-order valence-corrected chi connectivity index (χ1v) is 36.8. The predicted molar refractivity (Wildman–Crippen MR) is 360 cm³/mol. The van der Waals surface area contributed by atoms with E-state index in [-0.39, 0.29) is 31.5 Å². The molecule has 0 rings (SSSR count). The summed E-state index contributed by atoms with van der Waals surface area (Å²) in [6, 6.07) is -0.858. The van der Waals surface area contributed by atoms with Gasteiger partial charge in [0.15, 0.2) is 0 Å². The van der Waals surface area contributed by atoms with Gasteiger partial charge in [-0.15, -0.1) is 0 Å². The van der Waals surface area contributed by atoms with E-state index in [0.717, 1.165) is 96.3 Å². The Morgan fingerprint density at radius 1 is 0.422 bits per heavy atom. The van der Waals surface area contributed by atoms with Gasteiger partial charge in [-0.3, -0.25) is 18.6 Å². The summed E-state index contributed by atoms with van der Waals surface area (Å²) in [5.41, 5.74) is 0. The Bertz CT molecular complexity index is 1650. The molecule has 0 radical (unpaired) electrons. The molecule has 0 spiro atoms. The van der Waals surface area contributed by atoms with Crippen molar-refractivity contribution in [1.29, 1.82) is 0 Å². The number of phosphoric acid groups is 1. The number of carbonyl (C=O) groups is 2. The minimum absolute atomic E-state index is 0.0358. The lowest BCUT2D eigenvalue weighted by Gasteiger charge is -2.27. The first kappa shape index (κ1) is 80.5. The molecule has 2 N–H and O–H groups in total. The van der Waals surface area contributed by atoms with Crippen LogP contribution >= 0.6 is 7.82 Å². The van der Waals surface area contributed by atoms with Gasteiger partial charge in [0.05, 0.1) is 33.8 Å². The van der Waals surface area contributed by atoms with Crippen molar-refractivity contribution in [1.82, 2.24) is 5.32 Å². The number of carbonyl (C=O) groups excluding carboxylic acids is 2. The van der Waals surface area contributed by atoms with Gasteiger partial charge in [0.25, 0.3) is 0 Å². The van der Waals surface area contributed by atoms with E-state index in [1.165, 1.54) is 199 Å². The Kier molecular flexibility index (Phi) is 60.6. The number of allylic oxidation sites excluding steroid dienone is 11. The fraction of sp³-hybridized carbons (Fsp3) is 0.808. The van der Waals surface area contributed by atoms with Crippen molar-refractivity contribution in [2.24, 2.45) is 0 Å². The first-order valence-electron chi connectivity index (χ1n) is 35.3. The summed E-state index contributed by atoms with van der Waals surface area (Å²) in [5, 5.41) is 3.07. The van der Waals surface area contributed by atoms with E-state index in [9.17, 15) is 19.0 Å². The standard InChI is InChI=1S/C73H135N2O7P/c1-7-10-13-16-19-22-25-27-29-31-33-35-36-37-38-40-41-43-45-47-50-53-56-59-62-65-72(76)74-70(69-81-83(78,79)80-68-67-75(4,5)6)71(64-61-58-55-52-49-24-21-18-15-12-9-3)82-73(77)66-63-60-57-54-51-48-46-44-42-39-34-32-30-28-26-23-20-17-14-11-8-2/h20,23,27-30,34,39,44,46,61,64,70-71H,7-19,21-22,24-26,31-33,35-38,40-43,45,47-60,62-63,65-69H2,1-6H3,(H-,74,76,78,79)/p+1/b23-20-,29-27+,30-28-,39-34-,46-44-,64-61-. The molecule has 0 saturated heterocycles. The zero-order valence-corrected chi connectivity index (χ0v) is 56.3. The quantitative estimate of drug-likeness (QED) is 0.0205. The number of unbranched alkanes of at least 4 members (excludes halogenated alkanes) is 38. The number of hydrogen-bond acceptors (Lipinski definition) is 6. The van der Waals surface area contributed by atoms with Crippen LogP contribution in [0.25, 0.3) is 0 Å². The molecule has 0 aliphatic heterocycles. The minimum atomic E-state index is -4.46. The van der Waals surface area contributed by atoms with E-state index >= 15 is 0 Å². The highest BCUT2D eigenvalue weighted by Gasteiger charge is 2.30. The molecule has 0 bridgehead atoms. The molecule has 3 atom stereocenters. The molecule has 0 aliphatic rings. The molecule has 0 aromatic heterocycles. The van der Waals surface area contributed by atoms with Crippen LogP contribution in [0, 0.1) is 0 Å². The molecule has 0 aliphatic carbocycles. The Labute approximate surface area is 514 Å². The van der Waals surface area contributed by atoms with Gasteiger partial charge in [0.1, 0.15) is 19.3 Å². The maximum Gasteiger partial charge on any atom is 0.472 e. The van der Waals surface area contributed by atoms with Gasteiger partial charge < -0.3 is 19.4 Å². The predicted octanol–water partition coefficient (Wildman–Crippen LogP) is 22.3. The van der Waals surface area contributed by atoms with E-state index in [1.54, 1.807) is 0 Å². The second-order valence-electron chi connectivity index (χ2n) is 25.0. The average Bonchev–Trinajstić information content (AvgIpc) is 3.51. The largest absolute Gasteiger partial charge is 0.472 e. The summed E-state index contributed by atoms with van der Waals surface area (Å²) in [5.74, 6) is -0.518. The lowest BCUT2D eigenvalue weighted by atomic mass is 10.0. The zero-order valence-electron chi connectivity index (χ0n) is 55.4. The van der Waals surface area contributed by atoms with Crippen molar-refractivity contribution in [3.8, 4) is 0 Å². The van der Waals surface area contributed by atoms with Crippen molar-refractivity contribution in [3.63, 3.8) is 0 Å². The highest BCUT2D eigenvalue weighted by Crippen LogP contribution is 2.43. The van der Waals surface area contributed by atoms with Gasteiger partial charge in [0, 0.05) is 12.8 Å². The van der Waals surface area contributed by atoms with Crippen molar-refractivity contribution in [2.45, 2.75) is 341 Å². The van der Waals surface area contributed by atoms with Crippen LogP contribution in [-0.4, -0.2) is 74.3 Å². The Morgan fingerprint density at radius 2 is 0.735 bits per heavy atom. The van der Waals surface area contributed by atoms with Crippen LogP contribution in [0.5, 0.6) is 0 Å².